The largest absolute Gasteiger partial charge is 0.360 e. The van der Waals surface area contributed by atoms with Gasteiger partial charge in [-0.1, -0.05) is 32.4 Å². The molecule has 1 amide bonds. The van der Waals surface area contributed by atoms with Gasteiger partial charge in [-0.05, 0) is 36.8 Å². The molecule has 0 radical (unpaired) electrons. The molecule has 4 heterocycles. The highest BCUT2D eigenvalue weighted by molar-refractivity contribution is 5.99. The third-order valence-corrected chi connectivity index (χ3v) is 6.80. The Morgan fingerprint density at radius 3 is 2.69 bits per heavy atom. The number of pyridine rings is 2. The molecule has 7 heteroatoms. The number of amides is 1. The van der Waals surface area contributed by atoms with Gasteiger partial charge in [0.2, 0.25) is 0 Å². The Balaban J connectivity index is 1.58. The summed E-state index contributed by atoms with van der Waals surface area (Å²) < 4.78 is 2.03. The first kappa shape index (κ1) is 20.4. The van der Waals surface area contributed by atoms with Gasteiger partial charge in [0.25, 0.3) is 11.7 Å². The number of carbonyl (C=O) groups excluding carboxylic acids is 1. The van der Waals surface area contributed by atoms with Crippen LogP contribution in [0.2, 0.25) is 0 Å². The van der Waals surface area contributed by atoms with Crippen LogP contribution in [0.1, 0.15) is 54.2 Å². The summed E-state index contributed by atoms with van der Waals surface area (Å²) in [6, 6.07) is 3.85. The van der Waals surface area contributed by atoms with Crippen LogP contribution in [0, 0.1) is 18.9 Å². The summed E-state index contributed by atoms with van der Waals surface area (Å²) in [5.41, 5.74) is 5.75. The van der Waals surface area contributed by atoms with E-state index in [1.54, 1.807) is 18.1 Å². The van der Waals surface area contributed by atoms with Gasteiger partial charge in [0.15, 0.2) is 5.69 Å². The first-order chi connectivity index (χ1) is 15.4. The van der Waals surface area contributed by atoms with Crippen molar-refractivity contribution in [1.82, 2.24) is 24.6 Å². The topological polar surface area (TPSA) is 68.3 Å². The lowest BCUT2D eigenvalue weighted by molar-refractivity contribution is 0.0816. The van der Waals surface area contributed by atoms with Crippen molar-refractivity contribution in [2.24, 2.45) is 5.41 Å². The van der Waals surface area contributed by atoms with Gasteiger partial charge in [0.1, 0.15) is 0 Å². The normalized spacial score (nSPS) is 16.9. The van der Waals surface area contributed by atoms with Gasteiger partial charge in [-0.3, -0.25) is 14.5 Å². The zero-order chi connectivity index (χ0) is 22.5. The molecule has 2 aliphatic rings. The highest BCUT2D eigenvalue weighted by Crippen LogP contribution is 2.40. The summed E-state index contributed by atoms with van der Waals surface area (Å²) in [6.45, 7) is 13.2. The minimum absolute atomic E-state index is 0.0361. The summed E-state index contributed by atoms with van der Waals surface area (Å²) in [5, 5.41) is 4.64. The molecule has 1 saturated carbocycles. The lowest BCUT2D eigenvalue weighted by atomic mass is 9.89. The van der Waals surface area contributed by atoms with E-state index >= 15 is 0 Å². The van der Waals surface area contributed by atoms with Crippen LogP contribution in [0.5, 0.6) is 0 Å². The van der Waals surface area contributed by atoms with E-state index in [1.807, 2.05) is 29.9 Å². The molecule has 32 heavy (non-hydrogen) atoms. The van der Waals surface area contributed by atoms with Gasteiger partial charge in [-0.25, -0.2) is 0 Å². The second-order valence-electron chi connectivity index (χ2n) is 9.46. The van der Waals surface area contributed by atoms with E-state index < -0.39 is 0 Å². The molecule has 0 spiro atoms. The van der Waals surface area contributed by atoms with E-state index in [4.69, 9.17) is 6.57 Å². The Hall–Kier alpha value is -3.53. The first-order valence-electron chi connectivity index (χ1n) is 11.0. The van der Waals surface area contributed by atoms with Crippen molar-refractivity contribution in [3.05, 3.63) is 59.0 Å². The Morgan fingerprint density at radius 2 is 1.94 bits per heavy atom. The van der Waals surface area contributed by atoms with E-state index in [9.17, 15) is 4.79 Å². The highest BCUT2D eigenvalue weighted by Gasteiger charge is 2.30. The van der Waals surface area contributed by atoms with Gasteiger partial charge in [0, 0.05) is 42.7 Å². The molecule has 0 atom stereocenters. The number of carbonyl (C=O) groups is 1. The van der Waals surface area contributed by atoms with Crippen LogP contribution in [-0.4, -0.2) is 37.6 Å². The molecule has 162 valence electrons. The first-order valence-corrected chi connectivity index (χ1v) is 11.0. The molecule has 3 aromatic rings. The average molecular weight is 427 g/mol. The Labute approximate surface area is 187 Å². The van der Waals surface area contributed by atoms with Gasteiger partial charge in [-0.15, -0.1) is 4.98 Å². The van der Waals surface area contributed by atoms with Crippen LogP contribution in [0.15, 0.2) is 30.7 Å². The zero-order valence-electron chi connectivity index (χ0n) is 18.7. The molecule has 0 bridgehead atoms. The molecule has 0 N–H and O–H groups in total. The Morgan fingerprint density at radius 1 is 1.16 bits per heavy atom. The predicted octanol–water partition coefficient (Wildman–Crippen LogP) is 5.03. The van der Waals surface area contributed by atoms with E-state index in [-0.39, 0.29) is 5.91 Å². The average Bonchev–Trinajstić information content (AvgIpc) is 3.48. The molecule has 0 saturated heterocycles. The van der Waals surface area contributed by atoms with Gasteiger partial charge < -0.3 is 9.74 Å². The van der Waals surface area contributed by atoms with Crippen LogP contribution >= 0.6 is 0 Å². The fourth-order valence-corrected chi connectivity index (χ4v) is 4.96. The maximum absolute atomic E-state index is 12.5. The number of aryl methyl sites for hydroxylation is 1. The van der Waals surface area contributed by atoms with Crippen molar-refractivity contribution >= 4 is 11.7 Å². The lowest BCUT2D eigenvalue weighted by Gasteiger charge is -2.22. The fourth-order valence-electron chi connectivity index (χ4n) is 4.96. The van der Waals surface area contributed by atoms with Gasteiger partial charge >= 0.3 is 0 Å². The van der Waals surface area contributed by atoms with Crippen LogP contribution < -0.4 is 0 Å². The monoisotopic (exact) mass is 426 g/mol. The van der Waals surface area contributed by atoms with Crippen molar-refractivity contribution in [2.45, 2.75) is 52.6 Å². The molecule has 1 aliphatic carbocycles. The second kappa shape index (κ2) is 7.56. The summed E-state index contributed by atoms with van der Waals surface area (Å²) in [6.07, 6.45) is 10.7. The lowest BCUT2D eigenvalue weighted by Crippen LogP contribution is -2.19. The highest BCUT2D eigenvalue weighted by atomic mass is 16.2. The molecule has 0 unspecified atom stereocenters. The number of aromatic nitrogens is 4. The number of hydrogen-bond acceptors (Lipinski definition) is 4. The van der Waals surface area contributed by atoms with Crippen molar-refractivity contribution in [2.75, 3.05) is 7.05 Å². The summed E-state index contributed by atoms with van der Waals surface area (Å²) in [5.74, 6) is 0.324. The molecule has 3 aromatic heterocycles. The number of hydrogen-bond donors (Lipinski definition) is 0. The van der Waals surface area contributed by atoms with Crippen LogP contribution in [-0.2, 0) is 13.1 Å². The predicted molar refractivity (Wildman–Crippen MR) is 122 cm³/mol. The third kappa shape index (κ3) is 3.46. The summed E-state index contributed by atoms with van der Waals surface area (Å²) >= 11 is 0. The van der Waals surface area contributed by atoms with Crippen LogP contribution in [0.25, 0.3) is 27.2 Å². The smallest absolute Gasteiger partial charge is 0.273 e. The van der Waals surface area contributed by atoms with Gasteiger partial charge in [0.05, 0.1) is 24.0 Å². The summed E-state index contributed by atoms with van der Waals surface area (Å²) in [4.78, 5) is 27.0. The molecule has 0 aromatic carbocycles. The minimum Gasteiger partial charge on any atom is -0.360 e. The summed E-state index contributed by atoms with van der Waals surface area (Å²) in [7, 11) is 1.77. The maximum Gasteiger partial charge on any atom is 0.273 e. The number of nitrogens with zero attached hydrogens (tertiary/aromatic N) is 6. The van der Waals surface area contributed by atoms with Gasteiger partial charge in [-0.2, -0.15) is 5.10 Å². The van der Waals surface area contributed by atoms with Crippen molar-refractivity contribution in [3.63, 3.8) is 0 Å². The zero-order valence-corrected chi connectivity index (χ0v) is 18.7. The minimum atomic E-state index is -0.0361. The van der Waals surface area contributed by atoms with E-state index in [0.29, 0.717) is 29.0 Å². The van der Waals surface area contributed by atoms with Crippen molar-refractivity contribution in [1.29, 1.82) is 0 Å². The molecule has 1 fully saturated rings. The quantitative estimate of drug-likeness (QED) is 0.549. The molecule has 7 nitrogen and oxygen atoms in total. The fraction of sp³-hybridized carbons (Fsp3) is 0.400. The van der Waals surface area contributed by atoms with Crippen LogP contribution in [0.4, 0.5) is 5.82 Å². The van der Waals surface area contributed by atoms with Crippen molar-refractivity contribution < 1.29 is 4.79 Å². The number of fused-ring (bicyclic) bond motifs is 1. The Bertz CT molecular complexity index is 1260. The van der Waals surface area contributed by atoms with E-state index in [2.05, 4.69) is 33.0 Å². The molecular weight excluding hydrogens is 400 g/mol. The van der Waals surface area contributed by atoms with E-state index in [1.165, 1.54) is 25.7 Å². The number of rotatable bonds is 4. The Kier molecular flexibility index (Phi) is 4.81. The molecule has 5 rings (SSSR count). The standard InChI is InChI=1S/C25H26N6O/c1-16-9-19(18-12-28-31(13-18)15-25(2)7-5-6-8-25)22(29-23(16)26-3)17-10-20-21(27-11-17)14-30(4)24(20)32/h9-13H,5-8,14-15H2,1-2,4H3. The van der Waals surface area contributed by atoms with Crippen LogP contribution in [0.3, 0.4) is 0 Å². The SMILES string of the molecule is [C-]#[N+]c1nc(-c2cnc3c(c2)C(=O)N(C)C3)c(-c2cnn(CC3(C)CCCC3)c2)cc1C. The second-order valence-corrected chi connectivity index (χ2v) is 9.46. The molecular formula is C25H26N6O. The van der Waals surface area contributed by atoms with Crippen molar-refractivity contribution in [3.8, 4) is 22.4 Å². The molecule has 1 aliphatic heterocycles. The maximum atomic E-state index is 12.5. The van der Waals surface area contributed by atoms with E-state index in [0.717, 1.165) is 34.5 Å². The third-order valence-electron chi connectivity index (χ3n) is 6.80.